The summed E-state index contributed by atoms with van der Waals surface area (Å²) < 4.78 is 47.2. The van der Waals surface area contributed by atoms with Gasteiger partial charge in [-0.3, -0.25) is 4.98 Å². The molecule has 5 nitrogen and oxygen atoms in total. The third-order valence-electron chi connectivity index (χ3n) is 2.67. The van der Waals surface area contributed by atoms with E-state index in [9.17, 15) is 18.0 Å². The monoisotopic (exact) mass is 300 g/mol. The maximum absolute atomic E-state index is 12.5. The fourth-order valence-corrected chi connectivity index (χ4v) is 1.71. The highest BCUT2D eigenvalue weighted by atomic mass is 19.4. The number of ether oxygens (including phenoxy) is 1. The van der Waals surface area contributed by atoms with Gasteiger partial charge in [0.25, 0.3) is 0 Å². The summed E-state index contributed by atoms with van der Waals surface area (Å²) in [4.78, 5) is 15.1. The zero-order valence-corrected chi connectivity index (χ0v) is 11.2. The molecule has 0 saturated heterocycles. The molecular weight excluding hydrogens is 289 g/mol. The molecular formula is C13H11F3N2O3. The summed E-state index contributed by atoms with van der Waals surface area (Å²) >= 11 is 0. The molecule has 0 aromatic carbocycles. The standard InChI is InChI=1S/C13H11F3N2O3/c1-3-20-12(19)10-7(2)21-18-11(10)8-4-5-9(17-6-8)13(14,15)16/h4-6H,3H2,1-2H3. The predicted octanol–water partition coefficient (Wildman–Crippen LogP) is 3.24. The van der Waals surface area contributed by atoms with Crippen LogP contribution >= 0.6 is 0 Å². The van der Waals surface area contributed by atoms with Crippen molar-refractivity contribution in [3.63, 3.8) is 0 Å². The number of hydrogen-bond acceptors (Lipinski definition) is 5. The van der Waals surface area contributed by atoms with Crippen molar-refractivity contribution < 1.29 is 27.2 Å². The second kappa shape index (κ2) is 5.55. The fourth-order valence-electron chi connectivity index (χ4n) is 1.71. The molecule has 0 atom stereocenters. The molecule has 0 amide bonds. The molecule has 0 N–H and O–H groups in total. The number of rotatable bonds is 3. The molecule has 0 bridgehead atoms. The van der Waals surface area contributed by atoms with Gasteiger partial charge >= 0.3 is 12.1 Å². The normalized spacial score (nSPS) is 11.5. The lowest BCUT2D eigenvalue weighted by Crippen LogP contribution is -2.08. The maximum atomic E-state index is 12.5. The zero-order chi connectivity index (χ0) is 15.6. The van der Waals surface area contributed by atoms with Crippen LogP contribution in [0.5, 0.6) is 0 Å². The number of aromatic nitrogens is 2. The first kappa shape index (κ1) is 15.0. The highest BCUT2D eigenvalue weighted by molar-refractivity contribution is 5.96. The van der Waals surface area contributed by atoms with Crippen LogP contribution in [-0.2, 0) is 10.9 Å². The first-order valence-corrected chi connectivity index (χ1v) is 6.01. The van der Waals surface area contributed by atoms with Crippen molar-refractivity contribution >= 4 is 5.97 Å². The van der Waals surface area contributed by atoms with E-state index >= 15 is 0 Å². The van der Waals surface area contributed by atoms with Crippen molar-refractivity contribution in [1.82, 2.24) is 10.1 Å². The van der Waals surface area contributed by atoms with Gasteiger partial charge < -0.3 is 9.26 Å². The Morgan fingerprint density at radius 3 is 2.62 bits per heavy atom. The van der Waals surface area contributed by atoms with E-state index in [0.717, 1.165) is 12.3 Å². The quantitative estimate of drug-likeness (QED) is 0.814. The number of hydrogen-bond donors (Lipinski definition) is 0. The largest absolute Gasteiger partial charge is 0.462 e. The minimum atomic E-state index is -4.53. The molecule has 0 aliphatic heterocycles. The van der Waals surface area contributed by atoms with Gasteiger partial charge in [0.05, 0.1) is 6.61 Å². The van der Waals surface area contributed by atoms with Gasteiger partial charge in [0.2, 0.25) is 0 Å². The second-order valence-corrected chi connectivity index (χ2v) is 4.11. The Hall–Kier alpha value is -2.38. The summed E-state index contributed by atoms with van der Waals surface area (Å²) in [6, 6.07) is 1.99. The van der Waals surface area contributed by atoms with Crippen molar-refractivity contribution in [1.29, 1.82) is 0 Å². The van der Waals surface area contributed by atoms with Crippen LogP contribution in [0.3, 0.4) is 0 Å². The molecule has 0 fully saturated rings. The van der Waals surface area contributed by atoms with E-state index in [2.05, 4.69) is 10.1 Å². The van der Waals surface area contributed by atoms with E-state index in [-0.39, 0.29) is 29.2 Å². The van der Waals surface area contributed by atoms with E-state index in [1.165, 1.54) is 13.0 Å². The molecule has 112 valence electrons. The first-order chi connectivity index (χ1) is 9.84. The highest BCUT2D eigenvalue weighted by Crippen LogP contribution is 2.30. The molecule has 2 rings (SSSR count). The van der Waals surface area contributed by atoms with E-state index in [1.54, 1.807) is 6.92 Å². The second-order valence-electron chi connectivity index (χ2n) is 4.11. The lowest BCUT2D eigenvalue weighted by Gasteiger charge is -2.06. The van der Waals surface area contributed by atoms with Gasteiger partial charge in [-0.2, -0.15) is 13.2 Å². The molecule has 0 spiro atoms. The van der Waals surface area contributed by atoms with Gasteiger partial charge in [-0.1, -0.05) is 5.16 Å². The lowest BCUT2D eigenvalue weighted by molar-refractivity contribution is -0.141. The van der Waals surface area contributed by atoms with Gasteiger partial charge in [-0.05, 0) is 26.0 Å². The number of halogens is 3. The van der Waals surface area contributed by atoms with Crippen molar-refractivity contribution in [2.75, 3.05) is 6.61 Å². The third kappa shape index (κ3) is 3.04. The van der Waals surface area contributed by atoms with Crippen LogP contribution in [0.4, 0.5) is 13.2 Å². The minimum Gasteiger partial charge on any atom is -0.462 e. The van der Waals surface area contributed by atoms with E-state index in [0.29, 0.717) is 0 Å². The summed E-state index contributed by atoms with van der Waals surface area (Å²) in [6.45, 7) is 3.31. The summed E-state index contributed by atoms with van der Waals surface area (Å²) in [6.07, 6.45) is -3.54. The lowest BCUT2D eigenvalue weighted by atomic mass is 10.1. The smallest absolute Gasteiger partial charge is 0.433 e. The minimum absolute atomic E-state index is 0.0819. The van der Waals surface area contributed by atoms with Crippen LogP contribution in [0.2, 0.25) is 0 Å². The van der Waals surface area contributed by atoms with Gasteiger partial charge in [0.1, 0.15) is 22.7 Å². The Morgan fingerprint density at radius 1 is 1.38 bits per heavy atom. The molecule has 8 heteroatoms. The number of alkyl halides is 3. The van der Waals surface area contributed by atoms with Crippen molar-refractivity contribution in [2.45, 2.75) is 20.0 Å². The van der Waals surface area contributed by atoms with Crippen LogP contribution < -0.4 is 0 Å². The van der Waals surface area contributed by atoms with Crippen molar-refractivity contribution in [3.8, 4) is 11.3 Å². The topological polar surface area (TPSA) is 65.2 Å². The van der Waals surface area contributed by atoms with Crippen molar-refractivity contribution in [2.24, 2.45) is 0 Å². The molecule has 0 unspecified atom stereocenters. The van der Waals surface area contributed by atoms with E-state index in [1.807, 2.05) is 0 Å². The van der Waals surface area contributed by atoms with Crippen LogP contribution in [0.25, 0.3) is 11.3 Å². The number of pyridine rings is 1. The Bertz CT molecular complexity index is 648. The van der Waals surface area contributed by atoms with Crippen LogP contribution in [-0.4, -0.2) is 22.7 Å². The molecule has 2 heterocycles. The number of aryl methyl sites for hydroxylation is 1. The molecule has 21 heavy (non-hydrogen) atoms. The van der Waals surface area contributed by atoms with Gasteiger partial charge in [0, 0.05) is 11.8 Å². The van der Waals surface area contributed by atoms with Gasteiger partial charge in [-0.15, -0.1) is 0 Å². The van der Waals surface area contributed by atoms with Gasteiger partial charge in [0.15, 0.2) is 0 Å². The Kier molecular flexibility index (Phi) is 3.97. The first-order valence-electron chi connectivity index (χ1n) is 6.01. The molecule has 0 radical (unpaired) electrons. The summed E-state index contributed by atoms with van der Waals surface area (Å²) in [7, 11) is 0. The van der Waals surface area contributed by atoms with Crippen LogP contribution in [0.1, 0.15) is 28.7 Å². The zero-order valence-electron chi connectivity index (χ0n) is 11.2. The Morgan fingerprint density at radius 2 is 2.10 bits per heavy atom. The Balaban J connectivity index is 2.41. The average Bonchev–Trinajstić information content (AvgIpc) is 2.80. The number of nitrogens with zero attached hydrogens (tertiary/aromatic N) is 2. The SMILES string of the molecule is CCOC(=O)c1c(-c2ccc(C(F)(F)F)nc2)noc1C. The van der Waals surface area contributed by atoms with Gasteiger partial charge in [-0.25, -0.2) is 4.79 Å². The highest BCUT2D eigenvalue weighted by Gasteiger charge is 2.32. The van der Waals surface area contributed by atoms with E-state index in [4.69, 9.17) is 9.26 Å². The molecule has 2 aromatic heterocycles. The molecule has 0 aliphatic carbocycles. The number of carbonyl (C=O) groups is 1. The van der Waals surface area contributed by atoms with Crippen molar-refractivity contribution in [3.05, 3.63) is 35.3 Å². The summed E-state index contributed by atoms with van der Waals surface area (Å²) in [5, 5.41) is 3.68. The Labute approximate surface area is 117 Å². The van der Waals surface area contributed by atoms with E-state index < -0.39 is 17.8 Å². The summed E-state index contributed by atoms with van der Waals surface area (Å²) in [5.74, 6) is -0.422. The average molecular weight is 300 g/mol. The number of carbonyl (C=O) groups excluding carboxylic acids is 1. The maximum Gasteiger partial charge on any atom is 0.433 e. The third-order valence-corrected chi connectivity index (χ3v) is 2.67. The van der Waals surface area contributed by atoms with Crippen LogP contribution in [0, 0.1) is 6.92 Å². The molecule has 0 aliphatic rings. The summed E-state index contributed by atoms with van der Waals surface area (Å²) in [5.41, 5.74) is -0.599. The predicted molar refractivity (Wildman–Crippen MR) is 65.4 cm³/mol. The van der Waals surface area contributed by atoms with Crippen LogP contribution in [0.15, 0.2) is 22.9 Å². The fraction of sp³-hybridized carbons (Fsp3) is 0.308. The molecule has 2 aromatic rings. The number of esters is 1. The molecule has 0 saturated carbocycles.